The van der Waals surface area contributed by atoms with Gasteiger partial charge in [0.2, 0.25) is 0 Å². The molecule has 1 aromatic rings. The second kappa shape index (κ2) is 8.06. The molecule has 0 radical (unpaired) electrons. The van der Waals surface area contributed by atoms with Crippen LogP contribution < -0.4 is 0 Å². The van der Waals surface area contributed by atoms with Crippen molar-refractivity contribution < 1.29 is 0 Å². The molecule has 1 fully saturated rings. The van der Waals surface area contributed by atoms with E-state index in [1.54, 1.807) is 0 Å². The van der Waals surface area contributed by atoms with Gasteiger partial charge in [0.1, 0.15) is 0 Å². The second-order valence-electron chi connectivity index (χ2n) is 5.94. The fourth-order valence-corrected chi connectivity index (χ4v) is 3.06. The molecule has 0 aromatic heterocycles. The minimum atomic E-state index is 0.792. The van der Waals surface area contributed by atoms with Crippen LogP contribution in [0.1, 0.15) is 24.5 Å². The van der Waals surface area contributed by atoms with Crippen molar-refractivity contribution in [2.75, 3.05) is 39.0 Å². The minimum absolute atomic E-state index is 0.792. The molecule has 0 spiro atoms. The third kappa shape index (κ3) is 5.12. The van der Waals surface area contributed by atoms with Crippen molar-refractivity contribution in [3.8, 4) is 0 Å². The van der Waals surface area contributed by atoms with Gasteiger partial charge in [-0.25, -0.2) is 0 Å². The van der Waals surface area contributed by atoms with Gasteiger partial charge in [-0.1, -0.05) is 36.8 Å². The van der Waals surface area contributed by atoms with Crippen LogP contribution in [0.5, 0.6) is 0 Å². The molecule has 0 aliphatic carbocycles. The first-order valence-corrected chi connectivity index (χ1v) is 8.99. The van der Waals surface area contributed by atoms with E-state index in [1.165, 1.54) is 50.3 Å². The lowest BCUT2D eigenvalue weighted by molar-refractivity contribution is 0.126. The van der Waals surface area contributed by atoms with Crippen LogP contribution in [0.25, 0.3) is 0 Å². The van der Waals surface area contributed by atoms with Crippen molar-refractivity contribution in [3.63, 3.8) is 0 Å². The quantitative estimate of drug-likeness (QED) is 0.794. The van der Waals surface area contributed by atoms with E-state index in [9.17, 15) is 0 Å². The molecule has 1 aliphatic rings. The van der Waals surface area contributed by atoms with Crippen LogP contribution in [0.4, 0.5) is 0 Å². The Hall–Kier alpha value is -0.510. The highest BCUT2D eigenvalue weighted by molar-refractivity contribution is 7.99. The maximum Gasteiger partial charge on any atom is 0.0234 e. The van der Waals surface area contributed by atoms with Gasteiger partial charge >= 0.3 is 0 Å². The molecule has 1 atom stereocenters. The lowest BCUT2D eigenvalue weighted by Crippen LogP contribution is -2.46. The Balaban J connectivity index is 1.71. The van der Waals surface area contributed by atoms with Crippen LogP contribution in [0.15, 0.2) is 24.3 Å². The number of piperazine rings is 1. The van der Waals surface area contributed by atoms with Crippen molar-refractivity contribution in [2.45, 2.75) is 32.1 Å². The third-order valence-electron chi connectivity index (χ3n) is 4.21. The molecule has 1 aliphatic heterocycles. The van der Waals surface area contributed by atoms with E-state index in [2.05, 4.69) is 54.2 Å². The number of thioether (sulfide) groups is 1. The lowest BCUT2D eigenvalue weighted by atomic mass is 10.1. The van der Waals surface area contributed by atoms with Crippen molar-refractivity contribution in [1.82, 2.24) is 9.80 Å². The number of hydrogen-bond donors (Lipinski definition) is 0. The molecule has 0 saturated carbocycles. The average Bonchev–Trinajstić information content (AvgIpc) is 2.46. The summed E-state index contributed by atoms with van der Waals surface area (Å²) in [5.74, 6) is 0. The van der Waals surface area contributed by atoms with Gasteiger partial charge in [0, 0.05) is 38.0 Å². The first-order chi connectivity index (χ1) is 9.67. The van der Waals surface area contributed by atoms with E-state index in [1.807, 2.05) is 11.8 Å². The summed E-state index contributed by atoms with van der Waals surface area (Å²) in [4.78, 5) is 5.21. The zero-order valence-corrected chi connectivity index (χ0v) is 14.0. The number of nitrogens with zero attached hydrogens (tertiary/aromatic N) is 2. The smallest absolute Gasteiger partial charge is 0.0234 e. The Morgan fingerprint density at radius 2 is 1.85 bits per heavy atom. The van der Waals surface area contributed by atoms with Crippen molar-refractivity contribution in [3.05, 3.63) is 35.4 Å². The van der Waals surface area contributed by atoms with Crippen LogP contribution in [0.3, 0.4) is 0 Å². The summed E-state index contributed by atoms with van der Waals surface area (Å²) in [6, 6.07) is 8.91. The van der Waals surface area contributed by atoms with Gasteiger partial charge < -0.3 is 4.90 Å². The summed E-state index contributed by atoms with van der Waals surface area (Å²) >= 11 is 1.98. The van der Waals surface area contributed by atoms with Crippen LogP contribution >= 0.6 is 11.8 Å². The van der Waals surface area contributed by atoms with Crippen LogP contribution in [-0.4, -0.2) is 54.0 Å². The van der Waals surface area contributed by atoms with E-state index < -0.39 is 0 Å². The number of aryl methyl sites for hydroxylation is 1. The second-order valence-corrected chi connectivity index (χ2v) is 7.22. The van der Waals surface area contributed by atoms with Gasteiger partial charge in [-0.05, 0) is 31.7 Å². The molecule has 1 aromatic carbocycles. The van der Waals surface area contributed by atoms with Crippen molar-refractivity contribution >= 4 is 11.8 Å². The Morgan fingerprint density at radius 3 is 2.50 bits per heavy atom. The molecular weight excluding hydrogens is 264 g/mol. The predicted molar refractivity (Wildman–Crippen MR) is 90.5 cm³/mol. The molecule has 0 amide bonds. The van der Waals surface area contributed by atoms with E-state index in [4.69, 9.17) is 0 Å². The highest BCUT2D eigenvalue weighted by atomic mass is 32.2. The zero-order chi connectivity index (χ0) is 14.4. The molecule has 0 unspecified atom stereocenters. The van der Waals surface area contributed by atoms with Crippen molar-refractivity contribution in [2.24, 2.45) is 0 Å². The Morgan fingerprint density at radius 1 is 1.15 bits per heavy atom. The highest BCUT2D eigenvalue weighted by Gasteiger charge is 2.17. The molecular formula is C17H28N2S. The Labute approximate surface area is 128 Å². The summed E-state index contributed by atoms with van der Waals surface area (Å²) in [5.41, 5.74) is 2.82. The van der Waals surface area contributed by atoms with Crippen LogP contribution in [-0.2, 0) is 6.54 Å². The van der Waals surface area contributed by atoms with Crippen LogP contribution in [0, 0.1) is 6.92 Å². The van der Waals surface area contributed by atoms with Gasteiger partial charge in [-0.15, -0.1) is 0 Å². The van der Waals surface area contributed by atoms with E-state index in [0.717, 1.165) is 11.8 Å². The number of rotatable bonds is 6. The fraction of sp³-hybridized carbons (Fsp3) is 0.647. The summed E-state index contributed by atoms with van der Waals surface area (Å²) in [7, 11) is 0. The zero-order valence-electron chi connectivity index (χ0n) is 13.1. The maximum absolute atomic E-state index is 2.62. The van der Waals surface area contributed by atoms with Gasteiger partial charge in [0.05, 0.1) is 0 Å². The highest BCUT2D eigenvalue weighted by Crippen LogP contribution is 2.13. The monoisotopic (exact) mass is 292 g/mol. The SMILES string of the molecule is CS[C@H](C)CCN1CCN(Cc2cccc(C)c2)CC1. The van der Waals surface area contributed by atoms with E-state index in [-0.39, 0.29) is 0 Å². The summed E-state index contributed by atoms with van der Waals surface area (Å²) in [6.07, 6.45) is 3.53. The average molecular weight is 292 g/mol. The Bertz CT molecular complexity index is 400. The first kappa shape index (κ1) is 15.9. The largest absolute Gasteiger partial charge is 0.301 e. The van der Waals surface area contributed by atoms with Gasteiger partial charge in [0.25, 0.3) is 0 Å². The number of benzene rings is 1. The Kier molecular flexibility index (Phi) is 6.40. The molecule has 3 heteroatoms. The normalized spacial score (nSPS) is 19.1. The molecule has 2 nitrogen and oxygen atoms in total. The van der Waals surface area contributed by atoms with Gasteiger partial charge in [0.15, 0.2) is 0 Å². The molecule has 1 saturated heterocycles. The first-order valence-electron chi connectivity index (χ1n) is 7.70. The lowest BCUT2D eigenvalue weighted by Gasteiger charge is -2.35. The van der Waals surface area contributed by atoms with Gasteiger partial charge in [-0.2, -0.15) is 11.8 Å². The topological polar surface area (TPSA) is 6.48 Å². The van der Waals surface area contributed by atoms with E-state index in [0.29, 0.717) is 0 Å². The standard InChI is InChI=1S/C17H28N2S/c1-15-5-4-6-17(13-15)14-19-11-9-18(10-12-19)8-7-16(2)20-3/h4-6,13,16H,7-12,14H2,1-3H3/t16-/m1/s1. The van der Waals surface area contributed by atoms with Crippen LogP contribution in [0.2, 0.25) is 0 Å². The summed E-state index contributed by atoms with van der Waals surface area (Å²) < 4.78 is 0. The molecule has 2 rings (SSSR count). The van der Waals surface area contributed by atoms with Crippen molar-refractivity contribution in [1.29, 1.82) is 0 Å². The predicted octanol–water partition coefficient (Wildman–Crippen LogP) is 3.25. The van der Waals surface area contributed by atoms with E-state index >= 15 is 0 Å². The summed E-state index contributed by atoms with van der Waals surface area (Å²) in [6.45, 7) is 11.8. The maximum atomic E-state index is 2.62. The fourth-order valence-electron chi connectivity index (χ4n) is 2.72. The molecule has 112 valence electrons. The molecule has 0 bridgehead atoms. The molecule has 20 heavy (non-hydrogen) atoms. The molecule has 0 N–H and O–H groups in total. The third-order valence-corrected chi connectivity index (χ3v) is 5.25. The molecule has 1 heterocycles. The number of hydrogen-bond acceptors (Lipinski definition) is 3. The van der Waals surface area contributed by atoms with Gasteiger partial charge in [-0.3, -0.25) is 4.90 Å². The summed E-state index contributed by atoms with van der Waals surface area (Å²) in [5, 5.41) is 0.792. The minimum Gasteiger partial charge on any atom is -0.301 e.